The maximum absolute atomic E-state index is 12.4. The Bertz CT molecular complexity index is 2280. The molecule has 17 nitrogen and oxygen atoms in total. The minimum Gasteiger partial charge on any atom is -0.472 e. The van der Waals surface area contributed by atoms with E-state index in [4.69, 9.17) is 4.42 Å². The summed E-state index contributed by atoms with van der Waals surface area (Å²) in [5.41, 5.74) is 2.33. The van der Waals surface area contributed by atoms with Crippen molar-refractivity contribution in [3.63, 3.8) is 0 Å². The smallest absolute Gasteiger partial charge is 0.277 e. The molecule has 6 heterocycles. The minimum absolute atomic E-state index is 0.0427. The Morgan fingerprint density at radius 3 is 2.02 bits per heavy atom. The molecular weight excluding hydrogens is 685 g/mol. The van der Waals surface area contributed by atoms with E-state index in [1.165, 1.54) is 30.5 Å². The molecule has 0 atom stereocenters. The molecule has 50 heavy (non-hydrogen) atoms. The lowest BCUT2D eigenvalue weighted by Gasteiger charge is -2.16. The molecule has 0 saturated carbocycles. The minimum atomic E-state index is -3.75. The first-order valence-corrected chi connectivity index (χ1v) is 16.9. The molecule has 0 bridgehead atoms. The highest BCUT2D eigenvalue weighted by Gasteiger charge is 2.23. The number of hydrogen-bond acceptors (Lipinski definition) is 13. The van der Waals surface area contributed by atoms with Crippen LogP contribution < -0.4 is 10.6 Å². The van der Waals surface area contributed by atoms with Gasteiger partial charge >= 0.3 is 0 Å². The summed E-state index contributed by atoms with van der Waals surface area (Å²) in [6.07, 6.45) is 6.40. The van der Waals surface area contributed by atoms with Gasteiger partial charge < -0.3 is 4.42 Å². The number of carbonyl (C=O) groups is 2. The number of nitrogens with zero attached hydrogens (tertiary/aromatic N) is 8. The summed E-state index contributed by atoms with van der Waals surface area (Å²) in [7, 11) is -2.42. The number of benzene rings is 1. The number of amides is 2. The third-order valence-electron chi connectivity index (χ3n) is 6.59. The molecule has 0 aliphatic carbocycles. The van der Waals surface area contributed by atoms with Gasteiger partial charge in [-0.15, -0.1) is 21.5 Å². The quantitative estimate of drug-likeness (QED) is 0.158. The standard InChI is InChI=1S/C16H16N6O3S.C15H10N6O2S/c1-22(26(24,25)12-7-3-2-4-8-12)11-14(23)18-16-19-15(20-21-16)13-9-5-6-10-17-13;22-13(11-8-24-14(17-11)9-4-6-23-7-9)19-15-18-12(20-21-15)10-3-1-2-5-16-10/h2-10H,11H2,1H3,(H2,18,19,20,21,23);1-8H,(H2,18,19,20,21,22). The van der Waals surface area contributed by atoms with Crippen LogP contribution in [-0.2, 0) is 14.8 Å². The number of aromatic amines is 2. The third-order valence-corrected chi connectivity index (χ3v) is 9.29. The van der Waals surface area contributed by atoms with E-state index >= 15 is 0 Å². The summed E-state index contributed by atoms with van der Waals surface area (Å²) in [4.78, 5) is 45.4. The van der Waals surface area contributed by atoms with Gasteiger partial charge in [-0.1, -0.05) is 30.3 Å². The molecule has 6 aromatic heterocycles. The first-order valence-electron chi connectivity index (χ1n) is 14.5. The highest BCUT2D eigenvalue weighted by Crippen LogP contribution is 2.24. The number of pyridine rings is 2. The molecule has 7 rings (SSSR count). The highest BCUT2D eigenvalue weighted by molar-refractivity contribution is 7.89. The number of anilines is 2. The highest BCUT2D eigenvalue weighted by atomic mass is 32.2. The summed E-state index contributed by atoms with van der Waals surface area (Å²) in [5.74, 6) is 0.139. The fourth-order valence-corrected chi connectivity index (χ4v) is 6.09. The molecule has 0 spiro atoms. The van der Waals surface area contributed by atoms with E-state index in [-0.39, 0.29) is 29.2 Å². The number of thiazole rings is 1. The first kappa shape index (κ1) is 33.5. The van der Waals surface area contributed by atoms with Crippen LogP contribution in [0, 0.1) is 0 Å². The SMILES string of the molecule is CN(CC(=O)Nc1n[nH]c(-c2ccccn2)n1)S(=O)(=O)c1ccccc1.O=C(Nc1n[nH]c(-c2ccccn2)n1)c1csc(-c2ccoc2)n1. The Morgan fingerprint density at radius 1 is 0.820 bits per heavy atom. The predicted octanol–water partition coefficient (Wildman–Crippen LogP) is 3.96. The number of hydrogen-bond donors (Lipinski definition) is 4. The van der Waals surface area contributed by atoms with Crippen LogP contribution in [-0.4, -0.2) is 83.4 Å². The molecule has 4 N–H and O–H groups in total. The van der Waals surface area contributed by atoms with Crippen molar-refractivity contribution >= 4 is 45.1 Å². The molecule has 252 valence electrons. The zero-order valence-electron chi connectivity index (χ0n) is 26.0. The molecule has 7 aromatic rings. The van der Waals surface area contributed by atoms with Crippen LogP contribution in [0.25, 0.3) is 33.6 Å². The molecule has 0 radical (unpaired) electrons. The monoisotopic (exact) mass is 710 g/mol. The zero-order chi connectivity index (χ0) is 34.9. The number of H-pyrrole nitrogens is 2. The lowest BCUT2D eigenvalue weighted by atomic mass is 10.3. The Balaban J connectivity index is 0.000000173. The van der Waals surface area contributed by atoms with Crippen molar-refractivity contribution in [2.24, 2.45) is 0 Å². The van der Waals surface area contributed by atoms with Gasteiger partial charge in [-0.05, 0) is 42.5 Å². The number of rotatable bonds is 10. The second kappa shape index (κ2) is 15.2. The van der Waals surface area contributed by atoms with Gasteiger partial charge in [-0.2, -0.15) is 14.3 Å². The van der Waals surface area contributed by atoms with Gasteiger partial charge in [-0.25, -0.2) is 13.4 Å². The van der Waals surface area contributed by atoms with E-state index in [9.17, 15) is 18.0 Å². The number of nitrogens with one attached hydrogen (secondary N) is 4. The van der Waals surface area contributed by atoms with Gasteiger partial charge in [0.1, 0.15) is 28.4 Å². The third kappa shape index (κ3) is 8.16. The van der Waals surface area contributed by atoms with Gasteiger partial charge in [-0.3, -0.25) is 40.4 Å². The summed E-state index contributed by atoms with van der Waals surface area (Å²) in [6, 6.07) is 20.4. The fraction of sp³-hybridized carbons (Fsp3) is 0.0645. The number of carbonyl (C=O) groups excluding carboxylic acids is 2. The van der Waals surface area contributed by atoms with Crippen LogP contribution in [0.5, 0.6) is 0 Å². The van der Waals surface area contributed by atoms with Crippen LogP contribution in [0.2, 0.25) is 0 Å². The molecule has 0 aliphatic rings. The maximum atomic E-state index is 12.4. The van der Waals surface area contributed by atoms with Crippen LogP contribution in [0.1, 0.15) is 10.5 Å². The second-order valence-electron chi connectivity index (χ2n) is 10.1. The van der Waals surface area contributed by atoms with Crippen molar-refractivity contribution in [2.45, 2.75) is 4.90 Å². The van der Waals surface area contributed by atoms with Gasteiger partial charge in [0.2, 0.25) is 27.8 Å². The van der Waals surface area contributed by atoms with E-state index in [0.29, 0.717) is 33.7 Å². The molecular formula is C31H26N12O5S2. The van der Waals surface area contributed by atoms with E-state index in [2.05, 4.69) is 55.9 Å². The van der Waals surface area contributed by atoms with Crippen molar-refractivity contribution < 1.29 is 22.4 Å². The van der Waals surface area contributed by atoms with E-state index in [1.54, 1.807) is 78.8 Å². The average Bonchev–Trinajstić information content (AvgIpc) is 3.98. The van der Waals surface area contributed by atoms with Gasteiger partial charge in [0, 0.05) is 30.4 Å². The number of aromatic nitrogens is 9. The lowest BCUT2D eigenvalue weighted by Crippen LogP contribution is -2.35. The largest absolute Gasteiger partial charge is 0.472 e. The zero-order valence-corrected chi connectivity index (χ0v) is 27.6. The molecule has 19 heteroatoms. The second-order valence-corrected chi connectivity index (χ2v) is 13.0. The van der Waals surface area contributed by atoms with E-state index < -0.39 is 15.9 Å². The Hall–Kier alpha value is -6.44. The summed E-state index contributed by atoms with van der Waals surface area (Å²) in [6.45, 7) is -0.370. The van der Waals surface area contributed by atoms with Crippen LogP contribution in [0.3, 0.4) is 0 Å². The Kier molecular flexibility index (Phi) is 10.2. The van der Waals surface area contributed by atoms with Crippen LogP contribution in [0.15, 0.2) is 112 Å². The summed E-state index contributed by atoms with van der Waals surface area (Å²) < 4.78 is 30.8. The summed E-state index contributed by atoms with van der Waals surface area (Å²) >= 11 is 1.36. The van der Waals surface area contributed by atoms with E-state index in [0.717, 1.165) is 9.87 Å². The Labute approximate surface area is 288 Å². The van der Waals surface area contributed by atoms with Crippen LogP contribution >= 0.6 is 11.3 Å². The molecule has 0 fully saturated rings. The average molecular weight is 711 g/mol. The number of likely N-dealkylation sites (N-methyl/N-ethyl adjacent to an activating group) is 1. The van der Waals surface area contributed by atoms with Gasteiger partial charge in [0.15, 0.2) is 11.6 Å². The van der Waals surface area contributed by atoms with Crippen molar-refractivity contribution in [2.75, 3.05) is 24.2 Å². The molecule has 0 saturated heterocycles. The first-order chi connectivity index (χ1) is 24.3. The van der Waals surface area contributed by atoms with Crippen LogP contribution in [0.4, 0.5) is 11.9 Å². The molecule has 2 amide bonds. The van der Waals surface area contributed by atoms with Crippen molar-refractivity contribution in [1.29, 1.82) is 0 Å². The van der Waals surface area contributed by atoms with Crippen molar-refractivity contribution in [1.82, 2.24) is 49.6 Å². The molecule has 0 unspecified atom stereocenters. The maximum Gasteiger partial charge on any atom is 0.277 e. The van der Waals surface area contributed by atoms with Gasteiger partial charge in [0.05, 0.1) is 17.7 Å². The predicted molar refractivity (Wildman–Crippen MR) is 182 cm³/mol. The van der Waals surface area contributed by atoms with E-state index in [1.807, 2.05) is 12.1 Å². The summed E-state index contributed by atoms with van der Waals surface area (Å²) in [5, 5.41) is 20.7. The van der Waals surface area contributed by atoms with Crippen molar-refractivity contribution in [3.05, 3.63) is 109 Å². The normalized spacial score (nSPS) is 11.1. The molecule has 1 aromatic carbocycles. The topological polar surface area (TPSA) is 231 Å². The van der Waals surface area contributed by atoms with Crippen molar-refractivity contribution in [3.8, 4) is 33.6 Å². The number of sulfonamides is 1. The number of furan rings is 1. The lowest BCUT2D eigenvalue weighted by molar-refractivity contribution is -0.116. The van der Waals surface area contributed by atoms with Gasteiger partial charge in [0.25, 0.3) is 5.91 Å². The fourth-order valence-electron chi connectivity index (χ4n) is 4.16. The Morgan fingerprint density at radius 2 is 1.44 bits per heavy atom. The molecule has 0 aliphatic heterocycles.